The average Bonchev–Trinajstić information content (AvgIpc) is 3.94. The van der Waals surface area contributed by atoms with E-state index in [1.165, 1.54) is 100 Å². The van der Waals surface area contributed by atoms with Crippen LogP contribution in [0.1, 0.15) is 114 Å². The lowest BCUT2D eigenvalue weighted by molar-refractivity contribution is 0.660. The molecule has 0 aliphatic heterocycles. The van der Waals surface area contributed by atoms with Crippen LogP contribution < -0.4 is 9.80 Å². The van der Waals surface area contributed by atoms with Crippen molar-refractivity contribution in [2.45, 2.75) is 71.6 Å². The molecular formula is C77H62N4. The minimum absolute atomic E-state index is 0.173. The SMILES string of the molecule is [C-]#[N+]c1ccc(N(c2ccc3c(c2)C(C)(C)c2cc(/C=C/c4ccc5c(c4)C(C)(C)c4cc(/C=C/c6ccc7c(c6)C(C)(C)c6cc(N(c8ccc(C#N)cc8)c8ccccc8C)ccc6-7)ccc4-5)ccc2-3)c2ccccc2C)cc1. The van der Waals surface area contributed by atoms with Gasteiger partial charge in [-0.2, -0.15) is 5.26 Å². The third-order valence-corrected chi connectivity index (χ3v) is 17.7. The topological polar surface area (TPSA) is 34.6 Å². The Morgan fingerprint density at radius 1 is 0.370 bits per heavy atom. The molecule has 0 radical (unpaired) electrons. The Labute approximate surface area is 477 Å². The summed E-state index contributed by atoms with van der Waals surface area (Å²) < 4.78 is 0. The number of para-hydroxylation sites is 2. The van der Waals surface area contributed by atoms with E-state index in [0.717, 1.165) is 34.1 Å². The molecular weight excluding hydrogens is 981 g/mol. The van der Waals surface area contributed by atoms with Crippen LogP contribution in [0, 0.1) is 31.8 Å². The lowest BCUT2D eigenvalue weighted by atomic mass is 9.81. The van der Waals surface area contributed by atoms with Crippen molar-refractivity contribution in [1.82, 2.24) is 0 Å². The molecule has 3 aliphatic carbocycles. The molecule has 0 aromatic heterocycles. The van der Waals surface area contributed by atoms with E-state index in [1.807, 2.05) is 36.4 Å². The van der Waals surface area contributed by atoms with Crippen molar-refractivity contribution in [3.8, 4) is 39.4 Å². The molecule has 0 amide bonds. The molecule has 4 nitrogen and oxygen atoms in total. The Balaban J connectivity index is 0.732. The fourth-order valence-electron chi connectivity index (χ4n) is 13.2. The van der Waals surface area contributed by atoms with Crippen LogP contribution in [0.25, 0.3) is 62.5 Å². The van der Waals surface area contributed by atoms with E-state index in [2.05, 4.69) is 270 Å². The van der Waals surface area contributed by atoms with E-state index in [0.29, 0.717) is 11.3 Å². The van der Waals surface area contributed by atoms with Gasteiger partial charge in [-0.15, -0.1) is 0 Å². The Morgan fingerprint density at radius 3 is 0.988 bits per heavy atom. The lowest BCUT2D eigenvalue weighted by Gasteiger charge is -2.29. The summed E-state index contributed by atoms with van der Waals surface area (Å²) in [5, 5.41) is 9.56. The molecule has 390 valence electrons. The molecule has 0 saturated carbocycles. The van der Waals surface area contributed by atoms with Crippen LogP contribution in [0.5, 0.6) is 0 Å². The summed E-state index contributed by atoms with van der Waals surface area (Å²) in [5.41, 5.74) is 30.0. The number of benzene rings is 10. The summed E-state index contributed by atoms with van der Waals surface area (Å²) in [6.07, 6.45) is 9.08. The van der Waals surface area contributed by atoms with Gasteiger partial charge in [0.25, 0.3) is 0 Å². The second kappa shape index (κ2) is 19.3. The fraction of sp³-hybridized carbons (Fsp3) is 0.143. The van der Waals surface area contributed by atoms with Crippen molar-refractivity contribution in [1.29, 1.82) is 5.26 Å². The summed E-state index contributed by atoms with van der Waals surface area (Å²) in [6.45, 7) is 26.0. The maximum Gasteiger partial charge on any atom is 0.187 e. The van der Waals surface area contributed by atoms with Gasteiger partial charge in [0.2, 0.25) is 0 Å². The molecule has 81 heavy (non-hydrogen) atoms. The Kier molecular flexibility index (Phi) is 12.1. The minimum Gasteiger partial charge on any atom is -0.310 e. The van der Waals surface area contributed by atoms with E-state index < -0.39 is 0 Å². The van der Waals surface area contributed by atoms with E-state index in [9.17, 15) is 5.26 Å². The van der Waals surface area contributed by atoms with E-state index >= 15 is 0 Å². The quantitative estimate of drug-likeness (QED) is 0.101. The smallest absolute Gasteiger partial charge is 0.187 e. The zero-order chi connectivity index (χ0) is 56.0. The molecule has 0 heterocycles. The van der Waals surface area contributed by atoms with Crippen molar-refractivity contribution in [3.05, 3.63) is 290 Å². The molecule has 3 aliphatic rings. The average molecular weight is 1040 g/mol. The zero-order valence-electron chi connectivity index (χ0n) is 47.2. The molecule has 0 unspecified atom stereocenters. The van der Waals surface area contributed by atoms with Crippen LogP contribution in [0.15, 0.2) is 206 Å². The fourth-order valence-corrected chi connectivity index (χ4v) is 13.2. The number of hydrogen-bond acceptors (Lipinski definition) is 3. The number of rotatable bonds is 10. The maximum atomic E-state index is 9.56. The van der Waals surface area contributed by atoms with Gasteiger partial charge in [0, 0.05) is 50.4 Å². The van der Waals surface area contributed by atoms with Gasteiger partial charge in [-0.25, -0.2) is 4.85 Å². The molecule has 0 atom stereocenters. The van der Waals surface area contributed by atoms with Crippen molar-refractivity contribution in [2.24, 2.45) is 0 Å². The highest BCUT2D eigenvalue weighted by Crippen LogP contribution is 2.54. The first kappa shape index (κ1) is 50.7. The number of nitrogens with zero attached hydrogens (tertiary/aromatic N) is 4. The van der Waals surface area contributed by atoms with Gasteiger partial charge in [0.1, 0.15) is 0 Å². The molecule has 0 spiro atoms. The summed E-state index contributed by atoms with van der Waals surface area (Å²) >= 11 is 0. The predicted molar refractivity (Wildman–Crippen MR) is 340 cm³/mol. The second-order valence-corrected chi connectivity index (χ2v) is 23.8. The molecule has 13 rings (SSSR count). The van der Waals surface area contributed by atoms with Gasteiger partial charge in [-0.3, -0.25) is 0 Å². The molecule has 10 aromatic rings. The van der Waals surface area contributed by atoms with Gasteiger partial charge >= 0.3 is 0 Å². The van der Waals surface area contributed by atoms with Crippen LogP contribution >= 0.6 is 0 Å². The number of nitriles is 1. The summed E-state index contributed by atoms with van der Waals surface area (Å²) in [5.74, 6) is 0. The van der Waals surface area contributed by atoms with Crippen molar-refractivity contribution >= 4 is 64.1 Å². The molecule has 0 fully saturated rings. The number of anilines is 6. The Morgan fingerprint density at radius 2 is 0.667 bits per heavy atom. The van der Waals surface area contributed by atoms with Gasteiger partial charge in [0.05, 0.1) is 18.2 Å². The van der Waals surface area contributed by atoms with Crippen molar-refractivity contribution in [2.75, 3.05) is 9.80 Å². The normalized spacial score (nSPS) is 14.3. The highest BCUT2D eigenvalue weighted by Gasteiger charge is 2.39. The standard InChI is InChI=1S/C77H62N4/c1-49-14-10-12-16-73(49)80(57-30-22-55(48-78)23-31-57)59-34-40-65-63-38-26-53(44-69(63)76(5,6)71(65)46-59)20-18-51-24-36-61-62-37-25-52(43-68(62)75(3,4)67(61)42-51)19-21-54-27-39-64-66-41-35-60(47-72(66)77(7,8)70(64)45-54)81(74-17-13-11-15-50(74)2)58-32-28-56(79-9)29-33-58/h10-47H,1-8H3/b20-18+,21-19+. The Bertz CT molecular complexity index is 4080. The van der Waals surface area contributed by atoms with Crippen LogP contribution in [-0.4, -0.2) is 0 Å². The largest absolute Gasteiger partial charge is 0.310 e. The predicted octanol–water partition coefficient (Wildman–Crippen LogP) is 20.9. The molecule has 0 saturated heterocycles. The summed E-state index contributed by atoms with van der Waals surface area (Å²) in [6, 6.07) is 76.7. The van der Waals surface area contributed by atoms with E-state index in [-0.39, 0.29) is 16.2 Å². The van der Waals surface area contributed by atoms with Crippen LogP contribution in [-0.2, 0) is 16.2 Å². The van der Waals surface area contributed by atoms with Crippen molar-refractivity contribution in [3.63, 3.8) is 0 Å². The summed E-state index contributed by atoms with van der Waals surface area (Å²) in [7, 11) is 0. The zero-order valence-corrected chi connectivity index (χ0v) is 47.2. The van der Waals surface area contributed by atoms with Gasteiger partial charge in [0.15, 0.2) is 5.69 Å². The second-order valence-electron chi connectivity index (χ2n) is 23.8. The molecule has 4 heteroatoms. The highest BCUT2D eigenvalue weighted by atomic mass is 15.1. The lowest BCUT2D eigenvalue weighted by Crippen LogP contribution is -2.17. The van der Waals surface area contributed by atoms with E-state index in [4.69, 9.17) is 6.57 Å². The molecule has 0 N–H and O–H groups in total. The first-order valence-corrected chi connectivity index (χ1v) is 28.1. The van der Waals surface area contributed by atoms with Crippen LogP contribution in [0.2, 0.25) is 0 Å². The number of hydrogen-bond donors (Lipinski definition) is 0. The maximum absolute atomic E-state index is 9.56. The number of aryl methyl sites for hydroxylation is 2. The first-order valence-electron chi connectivity index (χ1n) is 28.1. The first-order chi connectivity index (χ1) is 39.1. The third kappa shape index (κ3) is 8.50. The molecule has 10 aromatic carbocycles. The number of fused-ring (bicyclic) bond motifs is 9. The van der Waals surface area contributed by atoms with Gasteiger partial charge in [-0.1, -0.05) is 199 Å². The monoisotopic (exact) mass is 1040 g/mol. The third-order valence-electron chi connectivity index (χ3n) is 17.7. The molecule has 0 bridgehead atoms. The van der Waals surface area contributed by atoms with Gasteiger partial charge < -0.3 is 9.80 Å². The minimum atomic E-state index is -0.220. The van der Waals surface area contributed by atoms with E-state index in [1.54, 1.807) is 0 Å². The van der Waals surface area contributed by atoms with Crippen LogP contribution in [0.4, 0.5) is 39.8 Å². The summed E-state index contributed by atoms with van der Waals surface area (Å²) in [4.78, 5) is 8.28. The van der Waals surface area contributed by atoms with Gasteiger partial charge in [-0.05, 0) is 187 Å². The highest BCUT2D eigenvalue weighted by molar-refractivity contribution is 5.91. The Hall–Kier alpha value is -9.74. The van der Waals surface area contributed by atoms with Crippen molar-refractivity contribution < 1.29 is 0 Å². The van der Waals surface area contributed by atoms with Crippen LogP contribution in [0.3, 0.4) is 0 Å².